The summed E-state index contributed by atoms with van der Waals surface area (Å²) in [6.07, 6.45) is 3.47. The fourth-order valence-electron chi connectivity index (χ4n) is 4.45. The standard InChI is InChI=1S/C27H36N2O5/c1-20-9-12-29(13-10-20)19-22(17-21-3-8-25-26(18-21)34-16-15-33-25)28-27(30)11-14-32-24-6-4-23(31-2)5-7-24/h3-8,18,20,22H,9-17,19H2,1-2H3,(H,28,30). The average Bonchev–Trinajstić information content (AvgIpc) is 2.86. The molecule has 1 amide bonds. The zero-order valence-corrected chi connectivity index (χ0v) is 20.3. The molecule has 2 aromatic carbocycles. The van der Waals surface area contributed by atoms with Gasteiger partial charge in [-0.15, -0.1) is 0 Å². The van der Waals surface area contributed by atoms with Crippen LogP contribution < -0.4 is 24.3 Å². The molecule has 0 radical (unpaired) electrons. The van der Waals surface area contributed by atoms with E-state index in [1.54, 1.807) is 7.11 Å². The Labute approximate surface area is 202 Å². The SMILES string of the molecule is COc1ccc(OCCC(=O)NC(Cc2ccc3c(c2)OCCO3)CN2CCC(C)CC2)cc1. The molecule has 7 heteroatoms. The minimum atomic E-state index is 0.00133. The van der Waals surface area contributed by atoms with Gasteiger partial charge < -0.3 is 29.2 Å². The summed E-state index contributed by atoms with van der Waals surface area (Å²) >= 11 is 0. The predicted molar refractivity (Wildman–Crippen MR) is 131 cm³/mol. The molecule has 2 aromatic rings. The molecule has 184 valence electrons. The highest BCUT2D eigenvalue weighted by Gasteiger charge is 2.22. The van der Waals surface area contributed by atoms with Crippen LogP contribution >= 0.6 is 0 Å². The zero-order valence-electron chi connectivity index (χ0n) is 20.3. The van der Waals surface area contributed by atoms with E-state index in [-0.39, 0.29) is 11.9 Å². The molecule has 0 bridgehead atoms. The second kappa shape index (κ2) is 12.0. The Bertz CT molecular complexity index is 925. The number of fused-ring (bicyclic) bond motifs is 1. The molecular formula is C27H36N2O5. The summed E-state index contributed by atoms with van der Waals surface area (Å²) in [5, 5.41) is 3.26. The number of piperidine rings is 1. The number of rotatable bonds is 10. The molecule has 0 aromatic heterocycles. The molecule has 2 aliphatic rings. The van der Waals surface area contributed by atoms with Crippen LogP contribution in [-0.4, -0.2) is 63.4 Å². The van der Waals surface area contributed by atoms with E-state index in [1.807, 2.05) is 36.4 Å². The Morgan fingerprint density at radius 1 is 1.06 bits per heavy atom. The zero-order chi connectivity index (χ0) is 23.8. The van der Waals surface area contributed by atoms with Crippen LogP contribution in [0.15, 0.2) is 42.5 Å². The number of benzene rings is 2. The Kier molecular flexibility index (Phi) is 8.52. The third-order valence-electron chi connectivity index (χ3n) is 6.47. The Hall–Kier alpha value is -2.93. The van der Waals surface area contributed by atoms with Crippen LogP contribution in [0.3, 0.4) is 0 Å². The molecule has 2 heterocycles. The van der Waals surface area contributed by atoms with Crippen LogP contribution in [0.4, 0.5) is 0 Å². The molecule has 1 N–H and O–H groups in total. The molecule has 1 saturated heterocycles. The van der Waals surface area contributed by atoms with Crippen molar-refractivity contribution in [3.8, 4) is 23.0 Å². The summed E-state index contributed by atoms with van der Waals surface area (Å²) in [4.78, 5) is 15.3. The van der Waals surface area contributed by atoms with Gasteiger partial charge in [0.2, 0.25) is 5.91 Å². The first-order valence-electron chi connectivity index (χ1n) is 12.3. The second-order valence-electron chi connectivity index (χ2n) is 9.20. The maximum atomic E-state index is 12.8. The topological polar surface area (TPSA) is 69.3 Å². The lowest BCUT2D eigenvalue weighted by atomic mass is 9.98. The maximum absolute atomic E-state index is 12.8. The number of ether oxygens (including phenoxy) is 4. The van der Waals surface area contributed by atoms with Crippen molar-refractivity contribution in [1.29, 1.82) is 0 Å². The van der Waals surface area contributed by atoms with Crippen molar-refractivity contribution >= 4 is 5.91 Å². The molecule has 0 aliphatic carbocycles. The third kappa shape index (κ3) is 7.03. The summed E-state index contributed by atoms with van der Waals surface area (Å²) in [5.41, 5.74) is 1.13. The lowest BCUT2D eigenvalue weighted by molar-refractivity contribution is -0.122. The monoisotopic (exact) mass is 468 g/mol. The number of hydrogen-bond donors (Lipinski definition) is 1. The van der Waals surface area contributed by atoms with Gasteiger partial charge in [-0.2, -0.15) is 0 Å². The Morgan fingerprint density at radius 3 is 2.50 bits per heavy atom. The number of carbonyl (C=O) groups excluding carboxylic acids is 1. The lowest BCUT2D eigenvalue weighted by Crippen LogP contribution is -2.47. The van der Waals surface area contributed by atoms with Gasteiger partial charge in [0.15, 0.2) is 11.5 Å². The molecular weight excluding hydrogens is 432 g/mol. The number of likely N-dealkylation sites (tertiary alicyclic amines) is 1. The van der Waals surface area contributed by atoms with Crippen molar-refractivity contribution < 1.29 is 23.7 Å². The van der Waals surface area contributed by atoms with Gasteiger partial charge >= 0.3 is 0 Å². The average molecular weight is 469 g/mol. The first-order valence-corrected chi connectivity index (χ1v) is 12.3. The molecule has 4 rings (SSSR count). The van der Waals surface area contributed by atoms with Gasteiger partial charge in [0.25, 0.3) is 0 Å². The van der Waals surface area contributed by atoms with Gasteiger partial charge in [-0.3, -0.25) is 4.79 Å². The molecule has 2 aliphatic heterocycles. The highest BCUT2D eigenvalue weighted by Crippen LogP contribution is 2.31. The van der Waals surface area contributed by atoms with Gasteiger partial charge in [0.1, 0.15) is 24.7 Å². The van der Waals surface area contributed by atoms with E-state index in [1.165, 1.54) is 12.8 Å². The fourth-order valence-corrected chi connectivity index (χ4v) is 4.45. The molecule has 7 nitrogen and oxygen atoms in total. The smallest absolute Gasteiger partial charge is 0.223 e. The second-order valence-corrected chi connectivity index (χ2v) is 9.20. The van der Waals surface area contributed by atoms with E-state index < -0.39 is 0 Å². The van der Waals surface area contributed by atoms with E-state index >= 15 is 0 Å². The minimum Gasteiger partial charge on any atom is -0.497 e. The minimum absolute atomic E-state index is 0.00133. The summed E-state index contributed by atoms with van der Waals surface area (Å²) in [6, 6.07) is 13.5. The van der Waals surface area contributed by atoms with Crippen molar-refractivity contribution in [3.05, 3.63) is 48.0 Å². The number of carbonyl (C=O) groups is 1. The van der Waals surface area contributed by atoms with Crippen molar-refractivity contribution in [1.82, 2.24) is 10.2 Å². The van der Waals surface area contributed by atoms with Crippen LogP contribution in [-0.2, 0) is 11.2 Å². The summed E-state index contributed by atoms with van der Waals surface area (Å²) < 4.78 is 22.3. The Balaban J connectivity index is 1.33. The first-order chi connectivity index (χ1) is 16.6. The Morgan fingerprint density at radius 2 is 1.76 bits per heavy atom. The van der Waals surface area contributed by atoms with Crippen LogP contribution in [0.5, 0.6) is 23.0 Å². The van der Waals surface area contributed by atoms with Crippen LogP contribution in [0.25, 0.3) is 0 Å². The number of nitrogens with one attached hydrogen (secondary N) is 1. The summed E-state index contributed by atoms with van der Waals surface area (Å²) in [7, 11) is 1.63. The number of hydrogen-bond acceptors (Lipinski definition) is 6. The maximum Gasteiger partial charge on any atom is 0.223 e. The van der Waals surface area contributed by atoms with E-state index in [2.05, 4.69) is 23.2 Å². The van der Waals surface area contributed by atoms with Crippen molar-refractivity contribution in [2.75, 3.05) is 46.6 Å². The molecule has 1 unspecified atom stereocenters. The quantitative estimate of drug-likeness (QED) is 0.574. The van der Waals surface area contributed by atoms with Gasteiger partial charge in [0, 0.05) is 12.6 Å². The fraction of sp³-hybridized carbons (Fsp3) is 0.519. The highest BCUT2D eigenvalue weighted by molar-refractivity contribution is 5.76. The predicted octanol–water partition coefficient (Wildman–Crippen LogP) is 3.69. The molecule has 1 atom stereocenters. The van der Waals surface area contributed by atoms with Crippen LogP contribution in [0.1, 0.15) is 31.7 Å². The largest absolute Gasteiger partial charge is 0.497 e. The van der Waals surface area contributed by atoms with E-state index in [4.69, 9.17) is 18.9 Å². The van der Waals surface area contributed by atoms with Crippen molar-refractivity contribution in [3.63, 3.8) is 0 Å². The van der Waals surface area contributed by atoms with E-state index in [9.17, 15) is 4.79 Å². The normalized spacial score (nSPS) is 17.1. The van der Waals surface area contributed by atoms with Gasteiger partial charge in [-0.05, 0) is 80.2 Å². The number of methoxy groups -OCH3 is 1. The molecule has 0 spiro atoms. The highest BCUT2D eigenvalue weighted by atomic mass is 16.6. The third-order valence-corrected chi connectivity index (χ3v) is 6.47. The summed E-state index contributed by atoms with van der Waals surface area (Å²) in [5.74, 6) is 3.85. The van der Waals surface area contributed by atoms with Crippen molar-refractivity contribution in [2.45, 2.75) is 38.6 Å². The van der Waals surface area contributed by atoms with E-state index in [0.717, 1.165) is 60.5 Å². The summed E-state index contributed by atoms with van der Waals surface area (Å²) in [6.45, 7) is 6.79. The van der Waals surface area contributed by atoms with Crippen molar-refractivity contribution in [2.24, 2.45) is 5.92 Å². The van der Waals surface area contributed by atoms with Gasteiger partial charge in [0.05, 0.1) is 20.1 Å². The van der Waals surface area contributed by atoms with Crippen LogP contribution in [0, 0.1) is 5.92 Å². The molecule has 0 saturated carbocycles. The number of amides is 1. The van der Waals surface area contributed by atoms with Gasteiger partial charge in [-0.25, -0.2) is 0 Å². The van der Waals surface area contributed by atoms with E-state index in [0.29, 0.717) is 26.2 Å². The number of nitrogens with zero attached hydrogens (tertiary/aromatic N) is 1. The lowest BCUT2D eigenvalue weighted by Gasteiger charge is -2.33. The van der Waals surface area contributed by atoms with Gasteiger partial charge in [-0.1, -0.05) is 13.0 Å². The molecule has 34 heavy (non-hydrogen) atoms. The molecule has 1 fully saturated rings. The first kappa shape index (κ1) is 24.2. The van der Waals surface area contributed by atoms with Crippen LogP contribution in [0.2, 0.25) is 0 Å².